The van der Waals surface area contributed by atoms with Crippen molar-refractivity contribution < 1.29 is 17.9 Å². The van der Waals surface area contributed by atoms with Crippen LogP contribution >= 0.6 is 0 Å². The lowest BCUT2D eigenvalue weighted by Gasteiger charge is -2.18. The minimum absolute atomic E-state index is 0.0618. The van der Waals surface area contributed by atoms with Crippen molar-refractivity contribution in [1.29, 1.82) is 0 Å². The Morgan fingerprint density at radius 1 is 1.37 bits per heavy atom. The minimum Gasteiger partial charge on any atom is -0.379 e. The van der Waals surface area contributed by atoms with Crippen molar-refractivity contribution in [2.24, 2.45) is 5.14 Å². The summed E-state index contributed by atoms with van der Waals surface area (Å²) < 4.78 is 33.6. The van der Waals surface area contributed by atoms with Crippen LogP contribution in [0.5, 0.6) is 0 Å². The van der Waals surface area contributed by atoms with Crippen molar-refractivity contribution in [3.8, 4) is 0 Å². The van der Waals surface area contributed by atoms with Gasteiger partial charge in [-0.1, -0.05) is 30.3 Å². The third-order valence-electron chi connectivity index (χ3n) is 3.13. The van der Waals surface area contributed by atoms with E-state index >= 15 is 0 Å². The van der Waals surface area contributed by atoms with E-state index in [1.807, 2.05) is 30.3 Å². The highest BCUT2D eigenvalue weighted by atomic mass is 32.2. The van der Waals surface area contributed by atoms with Crippen LogP contribution in [0.2, 0.25) is 0 Å². The lowest BCUT2D eigenvalue weighted by Crippen LogP contribution is -2.26. The van der Waals surface area contributed by atoms with Crippen LogP contribution in [0.1, 0.15) is 17.9 Å². The Labute approximate surface area is 113 Å². The molecule has 0 aliphatic carbocycles. The highest BCUT2D eigenvalue weighted by molar-refractivity contribution is 7.89. The Hall–Kier alpha value is -0.950. The van der Waals surface area contributed by atoms with Gasteiger partial charge in [0, 0.05) is 12.5 Å². The van der Waals surface area contributed by atoms with E-state index in [1.54, 1.807) is 0 Å². The second kappa shape index (κ2) is 6.47. The van der Waals surface area contributed by atoms with Gasteiger partial charge < -0.3 is 9.47 Å². The fourth-order valence-corrected chi connectivity index (χ4v) is 2.99. The molecule has 2 N–H and O–H groups in total. The zero-order chi connectivity index (χ0) is 13.7. The molecule has 0 spiro atoms. The van der Waals surface area contributed by atoms with E-state index in [1.165, 1.54) is 0 Å². The van der Waals surface area contributed by atoms with Crippen LogP contribution in [-0.2, 0) is 19.5 Å². The molecular formula is C13H19NO4S. The van der Waals surface area contributed by atoms with E-state index in [4.69, 9.17) is 14.6 Å². The van der Waals surface area contributed by atoms with Gasteiger partial charge >= 0.3 is 0 Å². The average molecular weight is 285 g/mol. The third kappa shape index (κ3) is 4.91. The molecule has 5 nitrogen and oxygen atoms in total. The lowest BCUT2D eigenvalue weighted by molar-refractivity contribution is 0.0367. The van der Waals surface area contributed by atoms with Crippen molar-refractivity contribution in [2.75, 3.05) is 25.6 Å². The maximum absolute atomic E-state index is 11.3. The second-order valence-electron chi connectivity index (χ2n) is 4.76. The number of hydrogen-bond donors (Lipinski definition) is 1. The summed E-state index contributed by atoms with van der Waals surface area (Å²) in [5.41, 5.74) is 0.926. The molecule has 19 heavy (non-hydrogen) atoms. The van der Waals surface area contributed by atoms with Crippen molar-refractivity contribution in [3.05, 3.63) is 35.9 Å². The number of sulfonamides is 1. The SMILES string of the molecule is NS(=O)(=O)CC(COC1CCOC1)c1ccccc1. The van der Waals surface area contributed by atoms with Gasteiger partial charge in [0.2, 0.25) is 10.0 Å². The molecular weight excluding hydrogens is 266 g/mol. The first kappa shape index (κ1) is 14.5. The van der Waals surface area contributed by atoms with Crippen molar-refractivity contribution in [3.63, 3.8) is 0 Å². The minimum atomic E-state index is -3.53. The van der Waals surface area contributed by atoms with Crippen LogP contribution < -0.4 is 5.14 Å². The topological polar surface area (TPSA) is 78.6 Å². The molecule has 2 unspecified atom stereocenters. The summed E-state index contributed by atoms with van der Waals surface area (Å²) >= 11 is 0. The normalized spacial score (nSPS) is 21.4. The summed E-state index contributed by atoms with van der Waals surface area (Å²) in [5, 5.41) is 5.15. The summed E-state index contributed by atoms with van der Waals surface area (Å²) in [4.78, 5) is 0. The van der Waals surface area contributed by atoms with Crippen LogP contribution in [-0.4, -0.2) is 40.1 Å². The van der Waals surface area contributed by atoms with Crippen molar-refractivity contribution in [1.82, 2.24) is 0 Å². The molecule has 1 aromatic carbocycles. The van der Waals surface area contributed by atoms with E-state index in [-0.39, 0.29) is 17.8 Å². The quantitative estimate of drug-likeness (QED) is 0.841. The largest absolute Gasteiger partial charge is 0.379 e. The number of primary sulfonamides is 1. The summed E-state index contributed by atoms with van der Waals surface area (Å²) in [7, 11) is -3.53. The first-order valence-corrected chi connectivity index (χ1v) is 8.01. The predicted octanol–water partition coefficient (Wildman–Crippen LogP) is 0.864. The standard InChI is InChI=1S/C13H19NO4S/c14-19(15,16)10-12(11-4-2-1-3-5-11)8-18-13-6-7-17-9-13/h1-5,12-13H,6-10H2,(H2,14,15,16). The van der Waals surface area contributed by atoms with Gasteiger partial charge in [0.1, 0.15) is 0 Å². The van der Waals surface area contributed by atoms with Gasteiger partial charge in [0.25, 0.3) is 0 Å². The second-order valence-corrected chi connectivity index (χ2v) is 6.42. The van der Waals surface area contributed by atoms with Gasteiger partial charge in [-0.25, -0.2) is 13.6 Å². The molecule has 106 valence electrons. The van der Waals surface area contributed by atoms with Crippen LogP contribution in [0.15, 0.2) is 30.3 Å². The van der Waals surface area contributed by atoms with Crippen LogP contribution in [0.25, 0.3) is 0 Å². The summed E-state index contributed by atoms with van der Waals surface area (Å²) in [6, 6.07) is 9.44. The lowest BCUT2D eigenvalue weighted by atomic mass is 10.0. The maximum Gasteiger partial charge on any atom is 0.209 e. The van der Waals surface area contributed by atoms with Gasteiger partial charge in [-0.15, -0.1) is 0 Å². The number of rotatable bonds is 6. The van der Waals surface area contributed by atoms with E-state index in [2.05, 4.69) is 0 Å². The molecule has 1 aliphatic rings. The maximum atomic E-state index is 11.3. The Balaban J connectivity index is 2.01. The van der Waals surface area contributed by atoms with Gasteiger partial charge in [0.15, 0.2) is 0 Å². The molecule has 1 aliphatic heterocycles. The number of hydrogen-bond acceptors (Lipinski definition) is 4. The highest BCUT2D eigenvalue weighted by Gasteiger charge is 2.22. The van der Waals surface area contributed by atoms with Crippen molar-refractivity contribution in [2.45, 2.75) is 18.4 Å². The fourth-order valence-electron chi connectivity index (χ4n) is 2.14. The summed E-state index contributed by atoms with van der Waals surface area (Å²) in [6.45, 7) is 1.63. The molecule has 0 radical (unpaired) electrons. The number of benzene rings is 1. The third-order valence-corrected chi connectivity index (χ3v) is 3.99. The van der Waals surface area contributed by atoms with Gasteiger partial charge in [-0.2, -0.15) is 0 Å². The zero-order valence-corrected chi connectivity index (χ0v) is 11.5. The Bertz CT molecular complexity index is 483. The molecule has 0 aromatic heterocycles. The molecule has 6 heteroatoms. The molecule has 1 heterocycles. The molecule has 2 atom stereocenters. The number of ether oxygens (including phenoxy) is 2. The smallest absolute Gasteiger partial charge is 0.209 e. The molecule has 1 saturated heterocycles. The van der Waals surface area contributed by atoms with Crippen molar-refractivity contribution >= 4 is 10.0 Å². The van der Waals surface area contributed by atoms with E-state index < -0.39 is 10.0 Å². The van der Waals surface area contributed by atoms with Gasteiger partial charge in [0.05, 0.1) is 25.1 Å². The first-order chi connectivity index (χ1) is 9.04. The highest BCUT2D eigenvalue weighted by Crippen LogP contribution is 2.19. The molecule has 1 aromatic rings. The van der Waals surface area contributed by atoms with Crippen LogP contribution in [0.3, 0.4) is 0 Å². The van der Waals surface area contributed by atoms with Gasteiger partial charge in [-0.3, -0.25) is 0 Å². The molecule has 0 saturated carbocycles. The first-order valence-electron chi connectivity index (χ1n) is 6.29. The van der Waals surface area contributed by atoms with Crippen LogP contribution in [0.4, 0.5) is 0 Å². The molecule has 0 amide bonds. The van der Waals surface area contributed by atoms with E-state index in [9.17, 15) is 8.42 Å². The van der Waals surface area contributed by atoms with E-state index in [0.29, 0.717) is 19.8 Å². The summed E-state index contributed by atoms with van der Waals surface area (Å²) in [5.74, 6) is -0.346. The molecule has 0 bridgehead atoms. The Kier molecular flexibility index (Phi) is 4.93. The summed E-state index contributed by atoms with van der Waals surface area (Å²) in [6.07, 6.45) is 0.920. The Morgan fingerprint density at radius 3 is 2.68 bits per heavy atom. The van der Waals surface area contributed by atoms with E-state index in [0.717, 1.165) is 12.0 Å². The number of nitrogens with two attached hydrogens (primary N) is 1. The Morgan fingerprint density at radius 2 is 2.11 bits per heavy atom. The molecule has 1 fully saturated rings. The molecule has 2 rings (SSSR count). The predicted molar refractivity (Wildman–Crippen MR) is 72.3 cm³/mol. The van der Waals surface area contributed by atoms with Crippen LogP contribution in [0, 0.1) is 0 Å². The fraction of sp³-hybridized carbons (Fsp3) is 0.538. The zero-order valence-electron chi connectivity index (χ0n) is 10.7. The van der Waals surface area contributed by atoms with Gasteiger partial charge in [-0.05, 0) is 12.0 Å². The monoisotopic (exact) mass is 285 g/mol. The average Bonchev–Trinajstić information content (AvgIpc) is 2.87.